The molecule has 1 fully saturated rings. The van der Waals surface area contributed by atoms with Crippen LogP contribution in [-0.2, 0) is 29.6 Å². The number of hydrogen-bond donors (Lipinski definition) is 1. The largest absolute Gasteiger partial charge is 0.495 e. The Morgan fingerprint density at radius 1 is 0.974 bits per heavy atom. The fourth-order valence-corrected chi connectivity index (χ4v) is 6.87. The molecule has 0 aliphatic carbocycles. The molecule has 3 aromatic carbocycles. The molecule has 1 amide bonds. The monoisotopic (exact) mass is 579 g/mol. The molecule has 0 bridgehead atoms. The van der Waals surface area contributed by atoms with E-state index in [0.29, 0.717) is 18.9 Å². The highest BCUT2D eigenvalue weighted by molar-refractivity contribution is 7.93. The zero-order valence-corrected chi connectivity index (χ0v) is 22.8. The number of methoxy groups -OCH3 is 1. The first kappa shape index (κ1) is 27.9. The lowest BCUT2D eigenvalue weighted by Crippen LogP contribution is -2.40. The van der Waals surface area contributed by atoms with Crippen LogP contribution >= 0.6 is 11.6 Å². The molecule has 202 valence electrons. The Balaban J connectivity index is 1.58. The minimum absolute atomic E-state index is 0.0208. The Bertz CT molecular complexity index is 1490. The molecule has 0 saturated carbocycles. The average molecular weight is 580 g/mol. The summed E-state index contributed by atoms with van der Waals surface area (Å²) in [5.41, 5.74) is 0.386. The van der Waals surface area contributed by atoms with Crippen molar-refractivity contribution in [1.82, 2.24) is 4.31 Å². The Morgan fingerprint density at radius 2 is 1.63 bits per heavy atom. The summed E-state index contributed by atoms with van der Waals surface area (Å²) in [4.78, 5) is 13.1. The second-order valence-corrected chi connectivity index (χ2v) is 12.5. The number of sulfonamides is 2. The van der Waals surface area contributed by atoms with Crippen molar-refractivity contribution in [2.24, 2.45) is 0 Å². The summed E-state index contributed by atoms with van der Waals surface area (Å²) in [5.74, 6) is -0.449. The van der Waals surface area contributed by atoms with Crippen LogP contribution in [0.1, 0.15) is 0 Å². The number of rotatable bonds is 9. The molecule has 0 spiro atoms. The number of ether oxygens (including phenoxy) is 2. The summed E-state index contributed by atoms with van der Waals surface area (Å²) in [5, 5.41) is 2.88. The summed E-state index contributed by atoms with van der Waals surface area (Å²) >= 11 is 6.15. The molecule has 1 heterocycles. The maximum atomic E-state index is 13.6. The molecule has 38 heavy (non-hydrogen) atoms. The number of carbonyl (C=O) groups excluding carboxylic acids is 1. The third-order valence-electron chi connectivity index (χ3n) is 5.77. The van der Waals surface area contributed by atoms with E-state index in [1.165, 1.54) is 59.9 Å². The second kappa shape index (κ2) is 11.7. The predicted octanol–water partition coefficient (Wildman–Crippen LogP) is 3.20. The summed E-state index contributed by atoms with van der Waals surface area (Å²) in [6.07, 6.45) is 0. The van der Waals surface area contributed by atoms with Crippen LogP contribution in [0.4, 0.5) is 11.4 Å². The number of halogens is 1. The van der Waals surface area contributed by atoms with Gasteiger partial charge in [0, 0.05) is 23.8 Å². The molecule has 1 aliphatic rings. The molecule has 1 saturated heterocycles. The number of morpholine rings is 1. The smallest absolute Gasteiger partial charge is 0.264 e. The predicted molar refractivity (Wildman–Crippen MR) is 144 cm³/mol. The maximum absolute atomic E-state index is 13.6. The van der Waals surface area contributed by atoms with E-state index in [1.807, 2.05) is 0 Å². The van der Waals surface area contributed by atoms with Gasteiger partial charge in [0.2, 0.25) is 15.9 Å². The van der Waals surface area contributed by atoms with E-state index < -0.39 is 32.5 Å². The summed E-state index contributed by atoms with van der Waals surface area (Å²) < 4.78 is 65.6. The van der Waals surface area contributed by atoms with Gasteiger partial charge in [-0.1, -0.05) is 29.8 Å². The highest BCUT2D eigenvalue weighted by Gasteiger charge is 2.30. The molecule has 4 rings (SSSR count). The van der Waals surface area contributed by atoms with Crippen molar-refractivity contribution in [2.75, 3.05) is 49.6 Å². The fraction of sp³-hybridized carbons (Fsp3) is 0.240. The van der Waals surface area contributed by atoms with E-state index in [0.717, 1.165) is 4.31 Å². The van der Waals surface area contributed by atoms with Gasteiger partial charge in [0.25, 0.3) is 10.0 Å². The van der Waals surface area contributed by atoms with Gasteiger partial charge in [0.05, 0.1) is 35.8 Å². The van der Waals surface area contributed by atoms with Crippen molar-refractivity contribution in [2.45, 2.75) is 9.79 Å². The molecule has 13 heteroatoms. The third-order valence-corrected chi connectivity index (χ3v) is 9.70. The third kappa shape index (κ3) is 6.11. The van der Waals surface area contributed by atoms with Gasteiger partial charge in [-0.05, 0) is 54.6 Å². The van der Waals surface area contributed by atoms with Crippen LogP contribution in [0.5, 0.6) is 5.75 Å². The lowest BCUT2D eigenvalue weighted by molar-refractivity contribution is -0.114. The van der Waals surface area contributed by atoms with Gasteiger partial charge in [-0.2, -0.15) is 4.31 Å². The first-order valence-corrected chi connectivity index (χ1v) is 14.8. The number of amides is 1. The molecule has 0 radical (unpaired) electrons. The molecular weight excluding hydrogens is 554 g/mol. The lowest BCUT2D eigenvalue weighted by Gasteiger charge is -2.26. The van der Waals surface area contributed by atoms with Gasteiger partial charge < -0.3 is 14.8 Å². The van der Waals surface area contributed by atoms with Crippen LogP contribution in [0.15, 0.2) is 82.6 Å². The van der Waals surface area contributed by atoms with Crippen molar-refractivity contribution in [3.05, 3.63) is 77.8 Å². The molecule has 1 N–H and O–H groups in total. The molecule has 0 aromatic heterocycles. The maximum Gasteiger partial charge on any atom is 0.264 e. The topological polar surface area (TPSA) is 122 Å². The molecule has 1 aliphatic heterocycles. The fourth-order valence-electron chi connectivity index (χ4n) is 3.85. The number of anilines is 2. The van der Waals surface area contributed by atoms with E-state index in [-0.39, 0.29) is 39.3 Å². The van der Waals surface area contributed by atoms with Crippen molar-refractivity contribution < 1.29 is 31.1 Å². The highest BCUT2D eigenvalue weighted by atomic mass is 35.5. The van der Waals surface area contributed by atoms with Gasteiger partial charge in [0.1, 0.15) is 12.3 Å². The molecule has 10 nitrogen and oxygen atoms in total. The van der Waals surface area contributed by atoms with Crippen molar-refractivity contribution in [3.8, 4) is 5.75 Å². The van der Waals surface area contributed by atoms with Gasteiger partial charge >= 0.3 is 0 Å². The van der Waals surface area contributed by atoms with E-state index >= 15 is 0 Å². The van der Waals surface area contributed by atoms with Crippen LogP contribution in [0, 0.1) is 0 Å². The van der Waals surface area contributed by atoms with Crippen LogP contribution in [0.25, 0.3) is 0 Å². The summed E-state index contributed by atoms with van der Waals surface area (Å²) in [6.45, 7) is 0.584. The summed E-state index contributed by atoms with van der Waals surface area (Å²) in [7, 11) is -6.51. The minimum Gasteiger partial charge on any atom is -0.495 e. The Hall–Kier alpha value is -3.16. The van der Waals surface area contributed by atoms with E-state index in [9.17, 15) is 21.6 Å². The van der Waals surface area contributed by atoms with Gasteiger partial charge in [-0.15, -0.1) is 0 Å². The zero-order valence-electron chi connectivity index (χ0n) is 20.4. The minimum atomic E-state index is -4.19. The van der Waals surface area contributed by atoms with Crippen LogP contribution in [-0.4, -0.2) is 67.0 Å². The quantitative estimate of drug-likeness (QED) is 0.413. The van der Waals surface area contributed by atoms with Crippen molar-refractivity contribution >= 4 is 48.9 Å². The van der Waals surface area contributed by atoms with Crippen LogP contribution in [0.3, 0.4) is 0 Å². The normalized spacial score (nSPS) is 14.6. The van der Waals surface area contributed by atoms with E-state index in [2.05, 4.69) is 5.32 Å². The Kier molecular flexibility index (Phi) is 8.58. The molecule has 3 aromatic rings. The molecular formula is C25H26ClN3O7S2. The number of carbonyl (C=O) groups is 1. The number of hydrogen-bond acceptors (Lipinski definition) is 7. The van der Waals surface area contributed by atoms with Crippen LogP contribution in [0.2, 0.25) is 5.02 Å². The molecule has 0 unspecified atom stereocenters. The van der Waals surface area contributed by atoms with Crippen molar-refractivity contribution in [3.63, 3.8) is 0 Å². The van der Waals surface area contributed by atoms with Gasteiger partial charge in [0.15, 0.2) is 0 Å². The number of nitrogens with one attached hydrogen (secondary N) is 1. The summed E-state index contributed by atoms with van der Waals surface area (Å²) in [6, 6.07) is 17.8. The van der Waals surface area contributed by atoms with Gasteiger partial charge in [-0.25, -0.2) is 16.8 Å². The van der Waals surface area contributed by atoms with E-state index in [1.54, 1.807) is 24.3 Å². The number of benzene rings is 3. The van der Waals surface area contributed by atoms with Crippen molar-refractivity contribution in [1.29, 1.82) is 0 Å². The second-order valence-electron chi connectivity index (χ2n) is 8.23. The standard InChI is InChI=1S/C25H26ClN3O7S2/c1-35-24-12-7-19(26)17-23(24)29(38(33,34)21-5-3-2-4-6-21)18-25(30)27-20-8-10-22(11-9-20)37(31,32)28-13-15-36-16-14-28/h2-12,17H,13-16,18H2,1H3,(H,27,30). The Labute approximate surface area is 226 Å². The zero-order chi connectivity index (χ0) is 27.3. The lowest BCUT2D eigenvalue weighted by atomic mass is 10.3. The van der Waals surface area contributed by atoms with E-state index in [4.69, 9.17) is 21.1 Å². The van der Waals surface area contributed by atoms with Crippen LogP contribution < -0.4 is 14.4 Å². The first-order valence-electron chi connectivity index (χ1n) is 11.5. The van der Waals surface area contributed by atoms with Gasteiger partial charge in [-0.3, -0.25) is 9.10 Å². The first-order chi connectivity index (χ1) is 18.1. The SMILES string of the molecule is COc1ccc(Cl)cc1N(CC(=O)Nc1ccc(S(=O)(=O)N2CCOCC2)cc1)S(=O)(=O)c1ccccc1. The number of nitrogens with zero attached hydrogens (tertiary/aromatic N) is 2. The molecule has 0 atom stereocenters. The average Bonchev–Trinajstić information content (AvgIpc) is 2.93. The highest BCUT2D eigenvalue weighted by Crippen LogP contribution is 2.35. The Morgan fingerprint density at radius 3 is 2.26 bits per heavy atom.